The molecule has 0 fully saturated rings. The highest BCUT2D eigenvalue weighted by molar-refractivity contribution is 7.89. The van der Waals surface area contributed by atoms with Gasteiger partial charge in [-0.25, -0.2) is 12.7 Å². The first-order valence-corrected chi connectivity index (χ1v) is 12.9. The Kier molecular flexibility index (Phi) is 6.68. The number of thiophene rings is 1. The highest BCUT2D eigenvalue weighted by atomic mass is 35.5. The van der Waals surface area contributed by atoms with Gasteiger partial charge in [-0.15, -0.1) is 11.3 Å². The Morgan fingerprint density at radius 1 is 1.21 bits per heavy atom. The van der Waals surface area contributed by atoms with Gasteiger partial charge in [-0.05, 0) is 42.8 Å². The van der Waals surface area contributed by atoms with Crippen LogP contribution in [-0.4, -0.2) is 49.6 Å². The van der Waals surface area contributed by atoms with E-state index in [-0.39, 0.29) is 16.5 Å². The maximum absolute atomic E-state index is 13.1. The molecule has 0 unspecified atom stereocenters. The van der Waals surface area contributed by atoms with Crippen molar-refractivity contribution in [1.29, 1.82) is 0 Å². The van der Waals surface area contributed by atoms with Crippen LogP contribution in [0.4, 0.5) is 5.69 Å². The summed E-state index contributed by atoms with van der Waals surface area (Å²) < 4.78 is 33.3. The number of ether oxygens (including phenoxy) is 1. The number of benzene rings is 2. The predicted octanol–water partition coefficient (Wildman–Crippen LogP) is 4.62. The summed E-state index contributed by atoms with van der Waals surface area (Å²) in [7, 11) is 0.677. The molecule has 2 heterocycles. The molecule has 0 aliphatic heterocycles. The number of nitrogens with zero attached hydrogens (tertiary/aromatic N) is 3. The van der Waals surface area contributed by atoms with Gasteiger partial charge in [0, 0.05) is 24.5 Å². The van der Waals surface area contributed by atoms with Crippen LogP contribution in [0.2, 0.25) is 5.02 Å². The Balaban J connectivity index is 1.66. The van der Waals surface area contributed by atoms with Gasteiger partial charge >= 0.3 is 0 Å². The average molecular weight is 519 g/mol. The molecule has 1 N–H and O–H groups in total. The summed E-state index contributed by atoms with van der Waals surface area (Å²) in [6, 6.07) is 13.7. The third kappa shape index (κ3) is 4.54. The molecule has 0 saturated heterocycles. The number of amides is 1. The molecule has 0 aliphatic carbocycles. The van der Waals surface area contributed by atoms with Crippen molar-refractivity contribution in [3.8, 4) is 5.75 Å². The topological polar surface area (TPSA) is 93.5 Å². The van der Waals surface area contributed by atoms with Crippen LogP contribution in [0.15, 0.2) is 53.4 Å². The smallest absolute Gasteiger partial charge is 0.265 e. The van der Waals surface area contributed by atoms with Gasteiger partial charge in [0.2, 0.25) is 10.0 Å². The normalized spacial score (nSPS) is 11.8. The van der Waals surface area contributed by atoms with Crippen LogP contribution in [0.3, 0.4) is 0 Å². The van der Waals surface area contributed by atoms with Crippen molar-refractivity contribution in [3.05, 3.63) is 69.7 Å². The summed E-state index contributed by atoms with van der Waals surface area (Å²) in [5, 5.41) is 8.91. The number of methoxy groups -OCH3 is 1. The van der Waals surface area contributed by atoms with Gasteiger partial charge in [-0.1, -0.05) is 29.8 Å². The van der Waals surface area contributed by atoms with Crippen LogP contribution < -0.4 is 10.1 Å². The number of rotatable bonds is 7. The summed E-state index contributed by atoms with van der Waals surface area (Å²) >= 11 is 7.61. The Morgan fingerprint density at radius 2 is 1.94 bits per heavy atom. The monoisotopic (exact) mass is 518 g/mol. The van der Waals surface area contributed by atoms with Crippen LogP contribution >= 0.6 is 22.9 Å². The van der Waals surface area contributed by atoms with Crippen molar-refractivity contribution < 1.29 is 17.9 Å². The number of fused-ring (bicyclic) bond motifs is 1. The number of halogens is 1. The summed E-state index contributed by atoms with van der Waals surface area (Å²) in [6.07, 6.45) is 0. The number of hydrogen-bond donors (Lipinski definition) is 1. The van der Waals surface area contributed by atoms with E-state index in [4.69, 9.17) is 16.3 Å². The first-order chi connectivity index (χ1) is 16.1. The number of sulfonamides is 1. The summed E-state index contributed by atoms with van der Waals surface area (Å²) in [5.74, 6) is -0.0177. The molecule has 0 atom stereocenters. The number of nitrogens with one attached hydrogen (secondary N) is 1. The predicted molar refractivity (Wildman–Crippen MR) is 135 cm³/mol. The summed E-state index contributed by atoms with van der Waals surface area (Å²) in [6.45, 7) is 2.36. The molecule has 0 bridgehead atoms. The van der Waals surface area contributed by atoms with Gasteiger partial charge in [-0.2, -0.15) is 5.10 Å². The first-order valence-electron chi connectivity index (χ1n) is 10.2. The van der Waals surface area contributed by atoms with E-state index in [1.54, 1.807) is 6.07 Å². The molecule has 0 saturated carbocycles. The zero-order valence-corrected chi connectivity index (χ0v) is 21.4. The molecule has 4 aromatic rings. The maximum atomic E-state index is 13.1. The third-order valence-electron chi connectivity index (χ3n) is 5.31. The van der Waals surface area contributed by atoms with E-state index in [2.05, 4.69) is 10.4 Å². The Hall–Kier alpha value is -2.92. The zero-order chi connectivity index (χ0) is 24.6. The number of hydrogen-bond acceptors (Lipinski definition) is 6. The van der Waals surface area contributed by atoms with Crippen LogP contribution in [0.5, 0.6) is 5.75 Å². The lowest BCUT2D eigenvalue weighted by Crippen LogP contribution is -2.22. The number of carbonyl (C=O) groups excluding carboxylic acids is 1. The first kappa shape index (κ1) is 24.2. The highest BCUT2D eigenvalue weighted by Crippen LogP contribution is 2.32. The molecule has 2 aromatic heterocycles. The largest absolute Gasteiger partial charge is 0.495 e. The van der Waals surface area contributed by atoms with Crippen LogP contribution in [0.1, 0.15) is 20.9 Å². The molecule has 0 radical (unpaired) electrons. The summed E-state index contributed by atoms with van der Waals surface area (Å²) in [5.41, 5.74) is 1.99. The quantitative estimate of drug-likeness (QED) is 0.385. The molecule has 2 aromatic carbocycles. The fourth-order valence-electron chi connectivity index (χ4n) is 3.46. The molecule has 34 heavy (non-hydrogen) atoms. The fraction of sp³-hybridized carbons (Fsp3) is 0.217. The highest BCUT2D eigenvalue weighted by Gasteiger charge is 2.22. The standard InChI is InChI=1S/C23H23ClN4O4S2/c1-14-17-12-21(33-23(17)28(26-14)13-15-7-5-6-8-18(15)24)22(29)25-19-11-16(9-10-20(19)32-4)34(30,31)27(2)3/h5-12H,13H2,1-4H3,(H,25,29). The van der Waals surface area contributed by atoms with Crippen LogP contribution in [0, 0.1) is 6.92 Å². The summed E-state index contributed by atoms with van der Waals surface area (Å²) in [4.78, 5) is 14.5. The molecule has 1 amide bonds. The number of aromatic nitrogens is 2. The van der Waals surface area contributed by atoms with Crippen LogP contribution in [-0.2, 0) is 16.6 Å². The molecular formula is C23H23ClN4O4S2. The van der Waals surface area contributed by atoms with E-state index in [0.717, 1.165) is 25.8 Å². The molecule has 4 rings (SSSR count). The van der Waals surface area contributed by atoms with E-state index < -0.39 is 10.0 Å². The average Bonchev–Trinajstić information content (AvgIpc) is 3.36. The van der Waals surface area contributed by atoms with E-state index >= 15 is 0 Å². The Morgan fingerprint density at radius 3 is 2.62 bits per heavy atom. The van der Waals surface area contributed by atoms with E-state index in [0.29, 0.717) is 22.2 Å². The third-order valence-corrected chi connectivity index (χ3v) is 8.63. The molecule has 11 heteroatoms. The van der Waals surface area contributed by atoms with Crippen molar-refractivity contribution >= 4 is 54.8 Å². The van der Waals surface area contributed by atoms with Gasteiger partial charge in [0.05, 0.1) is 34.8 Å². The number of anilines is 1. The van der Waals surface area contributed by atoms with Gasteiger partial charge in [0.25, 0.3) is 5.91 Å². The lowest BCUT2D eigenvalue weighted by Gasteiger charge is -2.15. The van der Waals surface area contributed by atoms with Gasteiger partial charge in [-0.3, -0.25) is 9.48 Å². The van der Waals surface area contributed by atoms with E-state index in [9.17, 15) is 13.2 Å². The second-order valence-corrected chi connectivity index (χ2v) is 11.4. The van der Waals surface area contributed by atoms with Crippen molar-refractivity contribution in [1.82, 2.24) is 14.1 Å². The van der Waals surface area contributed by atoms with Crippen molar-refractivity contribution in [2.24, 2.45) is 0 Å². The number of carbonyl (C=O) groups is 1. The molecule has 178 valence electrons. The second kappa shape index (κ2) is 9.38. The van der Waals surface area contributed by atoms with Gasteiger partial charge in [0.15, 0.2) is 0 Å². The van der Waals surface area contributed by atoms with Gasteiger partial charge in [0.1, 0.15) is 10.6 Å². The second-order valence-electron chi connectivity index (χ2n) is 7.77. The minimum atomic E-state index is -3.67. The lowest BCUT2D eigenvalue weighted by atomic mass is 10.2. The van der Waals surface area contributed by atoms with Crippen molar-refractivity contribution in [2.45, 2.75) is 18.4 Å². The molecule has 8 nitrogen and oxygen atoms in total. The van der Waals surface area contributed by atoms with Crippen molar-refractivity contribution in [2.75, 3.05) is 26.5 Å². The number of aryl methyl sites for hydroxylation is 1. The SMILES string of the molecule is COc1ccc(S(=O)(=O)N(C)C)cc1NC(=O)c1cc2c(C)nn(Cc3ccccc3Cl)c2s1. The van der Waals surface area contributed by atoms with Crippen molar-refractivity contribution in [3.63, 3.8) is 0 Å². The molecule has 0 aliphatic rings. The minimum absolute atomic E-state index is 0.0520. The van der Waals surface area contributed by atoms with Crippen LogP contribution in [0.25, 0.3) is 10.2 Å². The Labute approximate surface area is 206 Å². The van der Waals surface area contributed by atoms with Gasteiger partial charge < -0.3 is 10.1 Å². The molecular weight excluding hydrogens is 496 g/mol. The zero-order valence-electron chi connectivity index (χ0n) is 19.0. The Bertz CT molecular complexity index is 1490. The maximum Gasteiger partial charge on any atom is 0.265 e. The molecule has 0 spiro atoms. The lowest BCUT2D eigenvalue weighted by molar-refractivity contribution is 0.103. The van der Waals surface area contributed by atoms with E-state index in [1.165, 1.54) is 50.7 Å². The van der Waals surface area contributed by atoms with E-state index in [1.807, 2.05) is 35.9 Å². The fourth-order valence-corrected chi connectivity index (χ4v) is 5.64. The minimum Gasteiger partial charge on any atom is -0.495 e.